The van der Waals surface area contributed by atoms with Crippen LogP contribution in [0.4, 0.5) is 0 Å². The fourth-order valence-electron chi connectivity index (χ4n) is 4.63. The molecule has 0 atom stereocenters. The quantitative estimate of drug-likeness (QED) is 0.746. The van der Waals surface area contributed by atoms with Gasteiger partial charge in [0, 0.05) is 21.3 Å². The summed E-state index contributed by atoms with van der Waals surface area (Å²) in [7, 11) is 5.30. The van der Waals surface area contributed by atoms with Crippen LogP contribution in [0, 0.1) is 0 Å². The van der Waals surface area contributed by atoms with Gasteiger partial charge in [0.25, 0.3) is 0 Å². The van der Waals surface area contributed by atoms with E-state index >= 15 is 0 Å². The Labute approximate surface area is 146 Å². The smallest absolute Gasteiger partial charge is 0.0686 e. The van der Waals surface area contributed by atoms with Gasteiger partial charge in [-0.05, 0) is 41.0 Å². The summed E-state index contributed by atoms with van der Waals surface area (Å²) in [5, 5.41) is 0. The lowest BCUT2D eigenvalue weighted by atomic mass is 9.76. The zero-order chi connectivity index (χ0) is 17.0. The number of fused-ring (bicyclic) bond motifs is 1. The number of rotatable bonds is 7. The maximum Gasteiger partial charge on any atom is 0.0686 e. The fourth-order valence-corrected chi connectivity index (χ4v) is 4.63. The summed E-state index contributed by atoms with van der Waals surface area (Å²) in [4.78, 5) is 0. The van der Waals surface area contributed by atoms with Crippen LogP contribution in [0.15, 0.2) is 23.8 Å². The Hall–Kier alpha value is -1.16. The molecule has 3 heteroatoms. The van der Waals surface area contributed by atoms with E-state index in [9.17, 15) is 0 Å². The first-order valence-corrected chi connectivity index (χ1v) is 9.08. The second-order valence-electron chi connectivity index (χ2n) is 7.19. The zero-order valence-electron chi connectivity index (χ0n) is 15.3. The second kappa shape index (κ2) is 7.81. The van der Waals surface area contributed by atoms with Crippen LogP contribution < -0.4 is 0 Å². The Kier molecular flexibility index (Phi) is 5.75. The minimum atomic E-state index is -0.223. The summed E-state index contributed by atoms with van der Waals surface area (Å²) in [6.45, 7) is 1.86. The van der Waals surface area contributed by atoms with Crippen molar-refractivity contribution in [1.29, 1.82) is 0 Å². The number of hydrogen-bond donors (Lipinski definition) is 0. The van der Waals surface area contributed by atoms with Crippen molar-refractivity contribution in [2.45, 2.75) is 43.4 Å². The molecule has 1 fully saturated rings. The molecule has 132 valence electrons. The molecular weight excluding hydrogens is 300 g/mol. The van der Waals surface area contributed by atoms with Crippen LogP contribution in [0.5, 0.6) is 0 Å². The lowest BCUT2D eigenvalue weighted by Gasteiger charge is -2.33. The van der Waals surface area contributed by atoms with E-state index in [2.05, 4.69) is 24.3 Å². The van der Waals surface area contributed by atoms with Crippen LogP contribution in [0.2, 0.25) is 0 Å². The van der Waals surface area contributed by atoms with E-state index < -0.39 is 0 Å². The van der Waals surface area contributed by atoms with Crippen LogP contribution in [0.1, 0.15) is 54.7 Å². The molecular formula is C21H30O3. The third-order valence-electron chi connectivity index (χ3n) is 5.71. The molecule has 0 unspecified atom stereocenters. The Bertz CT molecular complexity index is 579. The summed E-state index contributed by atoms with van der Waals surface area (Å²) < 4.78 is 16.8. The number of ether oxygens (including phenoxy) is 3. The van der Waals surface area contributed by atoms with Crippen molar-refractivity contribution in [2.24, 2.45) is 0 Å². The first-order chi connectivity index (χ1) is 11.8. The summed E-state index contributed by atoms with van der Waals surface area (Å²) in [6.07, 6.45) is 9.06. The molecule has 2 aliphatic rings. The SMILES string of the molecule is COCC1=Cc2c(C3CCCCC3)cccc2C1(COC)COC. The predicted octanol–water partition coefficient (Wildman–Crippen LogP) is 4.31. The van der Waals surface area contributed by atoms with Crippen LogP contribution in [0.3, 0.4) is 0 Å². The van der Waals surface area contributed by atoms with Gasteiger partial charge in [-0.1, -0.05) is 43.5 Å². The Balaban J connectivity index is 2.07. The summed E-state index contributed by atoms with van der Waals surface area (Å²) in [5.74, 6) is 0.689. The van der Waals surface area contributed by atoms with E-state index in [-0.39, 0.29) is 5.41 Å². The highest BCUT2D eigenvalue weighted by Gasteiger charge is 2.43. The normalized spacial score (nSPS) is 20.0. The highest BCUT2D eigenvalue weighted by atomic mass is 16.5. The van der Waals surface area contributed by atoms with Gasteiger partial charge in [0.2, 0.25) is 0 Å². The van der Waals surface area contributed by atoms with Gasteiger partial charge in [0.1, 0.15) is 0 Å². The first kappa shape index (κ1) is 17.7. The van der Waals surface area contributed by atoms with E-state index in [1.807, 2.05) is 0 Å². The minimum Gasteiger partial charge on any atom is -0.383 e. The maximum atomic E-state index is 5.62. The lowest BCUT2D eigenvalue weighted by Crippen LogP contribution is -2.38. The van der Waals surface area contributed by atoms with E-state index in [0.29, 0.717) is 25.7 Å². The monoisotopic (exact) mass is 330 g/mol. The standard InChI is InChI=1S/C21H30O3/c1-22-13-17-12-19-18(16-8-5-4-6-9-16)10-7-11-20(19)21(17,14-23-2)15-24-3/h7,10-12,16H,4-6,8-9,13-15H2,1-3H3. The molecule has 24 heavy (non-hydrogen) atoms. The van der Waals surface area contributed by atoms with Gasteiger partial charge in [-0.2, -0.15) is 0 Å². The summed E-state index contributed by atoms with van der Waals surface area (Å²) in [5.41, 5.74) is 5.30. The molecule has 1 aromatic carbocycles. The minimum absolute atomic E-state index is 0.223. The van der Waals surface area contributed by atoms with Gasteiger partial charge in [-0.25, -0.2) is 0 Å². The molecule has 1 saturated carbocycles. The van der Waals surface area contributed by atoms with E-state index in [1.165, 1.54) is 54.4 Å². The molecule has 3 rings (SSSR count). The molecule has 1 aromatic rings. The maximum absolute atomic E-state index is 5.62. The third kappa shape index (κ3) is 3.05. The Morgan fingerprint density at radius 1 is 0.958 bits per heavy atom. The zero-order valence-corrected chi connectivity index (χ0v) is 15.3. The Morgan fingerprint density at radius 2 is 1.67 bits per heavy atom. The fraction of sp³-hybridized carbons (Fsp3) is 0.619. The van der Waals surface area contributed by atoms with Crippen molar-refractivity contribution in [3.8, 4) is 0 Å². The average molecular weight is 330 g/mol. The van der Waals surface area contributed by atoms with Crippen molar-refractivity contribution in [3.05, 3.63) is 40.5 Å². The van der Waals surface area contributed by atoms with Gasteiger partial charge in [-0.3, -0.25) is 0 Å². The van der Waals surface area contributed by atoms with Gasteiger partial charge in [0.05, 0.1) is 25.2 Å². The van der Waals surface area contributed by atoms with Gasteiger partial charge < -0.3 is 14.2 Å². The van der Waals surface area contributed by atoms with Crippen LogP contribution in [0.25, 0.3) is 6.08 Å². The second-order valence-corrected chi connectivity index (χ2v) is 7.19. The Morgan fingerprint density at radius 3 is 2.29 bits per heavy atom. The van der Waals surface area contributed by atoms with Gasteiger partial charge >= 0.3 is 0 Å². The topological polar surface area (TPSA) is 27.7 Å². The van der Waals surface area contributed by atoms with Crippen molar-refractivity contribution < 1.29 is 14.2 Å². The van der Waals surface area contributed by atoms with Gasteiger partial charge in [-0.15, -0.1) is 0 Å². The molecule has 2 aliphatic carbocycles. The number of methoxy groups -OCH3 is 3. The lowest BCUT2D eigenvalue weighted by molar-refractivity contribution is 0.0703. The van der Waals surface area contributed by atoms with E-state index in [1.54, 1.807) is 21.3 Å². The largest absolute Gasteiger partial charge is 0.383 e. The summed E-state index contributed by atoms with van der Waals surface area (Å²) >= 11 is 0. The van der Waals surface area contributed by atoms with E-state index in [0.717, 1.165) is 0 Å². The molecule has 0 aromatic heterocycles. The van der Waals surface area contributed by atoms with Crippen molar-refractivity contribution in [3.63, 3.8) is 0 Å². The summed E-state index contributed by atoms with van der Waals surface area (Å²) in [6, 6.07) is 6.79. The van der Waals surface area contributed by atoms with Crippen LogP contribution in [-0.4, -0.2) is 41.2 Å². The molecule has 0 spiro atoms. The number of benzene rings is 1. The van der Waals surface area contributed by atoms with Crippen LogP contribution >= 0.6 is 0 Å². The molecule has 0 aliphatic heterocycles. The molecule has 3 nitrogen and oxygen atoms in total. The van der Waals surface area contributed by atoms with Crippen molar-refractivity contribution in [2.75, 3.05) is 41.2 Å². The highest BCUT2D eigenvalue weighted by Crippen LogP contribution is 2.47. The first-order valence-electron chi connectivity index (χ1n) is 9.08. The van der Waals surface area contributed by atoms with E-state index in [4.69, 9.17) is 14.2 Å². The predicted molar refractivity (Wildman–Crippen MR) is 97.6 cm³/mol. The van der Waals surface area contributed by atoms with Gasteiger partial charge in [0.15, 0.2) is 0 Å². The highest BCUT2D eigenvalue weighted by molar-refractivity contribution is 5.73. The van der Waals surface area contributed by atoms with Crippen molar-refractivity contribution in [1.82, 2.24) is 0 Å². The molecule has 0 bridgehead atoms. The molecule has 0 radical (unpaired) electrons. The molecule has 0 heterocycles. The average Bonchev–Trinajstić information content (AvgIpc) is 2.90. The molecule has 0 amide bonds. The third-order valence-corrected chi connectivity index (χ3v) is 5.71. The molecule has 0 N–H and O–H groups in total. The van der Waals surface area contributed by atoms with Crippen LogP contribution in [-0.2, 0) is 19.6 Å². The van der Waals surface area contributed by atoms with Crippen molar-refractivity contribution >= 4 is 6.08 Å². The molecule has 0 saturated heterocycles. The number of hydrogen-bond acceptors (Lipinski definition) is 3.